The Bertz CT molecular complexity index is 1860. The van der Waals surface area contributed by atoms with Crippen molar-refractivity contribution in [2.24, 2.45) is 0 Å². The van der Waals surface area contributed by atoms with Crippen LogP contribution in [0.3, 0.4) is 0 Å². The number of hydrogen-bond donors (Lipinski definition) is 0. The van der Waals surface area contributed by atoms with Crippen molar-refractivity contribution in [2.45, 2.75) is 19.5 Å². The second-order valence-electron chi connectivity index (χ2n) is 9.26. The SMILES string of the molecule is Cc1n(C(c2ccccc2)c2cc3ccccc3oc2=O)c2ccccc2[n+]1CC(=O)c1ccc(Br)cc1.[Br-]. The molecule has 4 aromatic carbocycles. The van der Waals surface area contributed by atoms with E-state index in [9.17, 15) is 9.59 Å². The van der Waals surface area contributed by atoms with E-state index in [-0.39, 0.29) is 34.9 Å². The quantitative estimate of drug-likeness (QED) is 0.158. The second-order valence-corrected chi connectivity index (χ2v) is 10.2. The van der Waals surface area contributed by atoms with E-state index in [1.807, 2.05) is 115 Å². The molecule has 39 heavy (non-hydrogen) atoms. The highest BCUT2D eigenvalue weighted by molar-refractivity contribution is 9.10. The molecule has 0 radical (unpaired) electrons. The largest absolute Gasteiger partial charge is 1.00 e. The van der Waals surface area contributed by atoms with Crippen molar-refractivity contribution in [3.05, 3.63) is 147 Å². The number of carbonyl (C=O) groups excluding carboxylic acids is 1. The molecule has 1 unspecified atom stereocenters. The summed E-state index contributed by atoms with van der Waals surface area (Å²) in [4.78, 5) is 26.8. The van der Waals surface area contributed by atoms with Gasteiger partial charge in [0, 0.05) is 27.9 Å². The summed E-state index contributed by atoms with van der Waals surface area (Å²) in [6.45, 7) is 2.17. The molecule has 5 nitrogen and oxygen atoms in total. The van der Waals surface area contributed by atoms with E-state index in [0.29, 0.717) is 16.7 Å². The number of ketones is 1. The second kappa shape index (κ2) is 11.1. The minimum atomic E-state index is -0.453. The van der Waals surface area contributed by atoms with E-state index in [4.69, 9.17) is 4.42 Å². The van der Waals surface area contributed by atoms with Gasteiger partial charge in [-0.05, 0) is 36.4 Å². The summed E-state index contributed by atoms with van der Waals surface area (Å²) >= 11 is 3.44. The molecule has 0 N–H and O–H groups in total. The molecule has 0 aliphatic rings. The van der Waals surface area contributed by atoms with Crippen LogP contribution in [0.5, 0.6) is 0 Å². The Hall–Kier alpha value is -3.81. The number of carbonyl (C=O) groups is 1. The molecule has 2 heterocycles. The number of hydrogen-bond acceptors (Lipinski definition) is 3. The smallest absolute Gasteiger partial charge is 0.344 e. The summed E-state index contributed by atoms with van der Waals surface area (Å²) < 4.78 is 10.9. The van der Waals surface area contributed by atoms with Crippen molar-refractivity contribution in [3.63, 3.8) is 0 Å². The Kier molecular flexibility index (Phi) is 7.64. The van der Waals surface area contributed by atoms with Crippen LogP contribution in [0.2, 0.25) is 0 Å². The van der Waals surface area contributed by atoms with Crippen LogP contribution in [0.4, 0.5) is 0 Å². The highest BCUT2D eigenvalue weighted by atomic mass is 79.9. The molecule has 0 fully saturated rings. The van der Waals surface area contributed by atoms with Crippen molar-refractivity contribution in [1.29, 1.82) is 0 Å². The van der Waals surface area contributed by atoms with Crippen molar-refractivity contribution < 1.29 is 30.8 Å². The summed E-state index contributed by atoms with van der Waals surface area (Å²) in [6, 6.07) is 34.3. The summed E-state index contributed by atoms with van der Waals surface area (Å²) in [5.41, 5.74) is 4.14. The van der Waals surface area contributed by atoms with Gasteiger partial charge < -0.3 is 21.4 Å². The molecule has 6 aromatic rings. The van der Waals surface area contributed by atoms with E-state index >= 15 is 0 Å². The maximum atomic E-state index is 13.4. The maximum Gasteiger partial charge on any atom is 0.344 e. The minimum absolute atomic E-state index is 0. The van der Waals surface area contributed by atoms with Gasteiger partial charge in [-0.1, -0.05) is 88.7 Å². The van der Waals surface area contributed by atoms with Gasteiger partial charge in [-0.15, -0.1) is 0 Å². The predicted molar refractivity (Wildman–Crippen MR) is 152 cm³/mol. The summed E-state index contributed by atoms with van der Waals surface area (Å²) in [5.74, 6) is 0.869. The first-order valence-corrected chi connectivity index (χ1v) is 13.2. The van der Waals surface area contributed by atoms with Gasteiger partial charge in [0.2, 0.25) is 5.78 Å². The number of Topliss-reactive ketones (excluding diaryl/α,β-unsaturated/α-hetero) is 1. The molecule has 0 amide bonds. The molecule has 0 bridgehead atoms. The summed E-state index contributed by atoms with van der Waals surface area (Å²) in [6.07, 6.45) is 0. The molecule has 1 atom stereocenters. The van der Waals surface area contributed by atoms with Crippen LogP contribution in [0.15, 0.2) is 123 Å². The van der Waals surface area contributed by atoms with Crippen LogP contribution >= 0.6 is 15.9 Å². The fraction of sp³-hybridized carbons (Fsp3) is 0.0938. The average molecular weight is 644 g/mol. The first-order valence-electron chi connectivity index (χ1n) is 12.4. The van der Waals surface area contributed by atoms with Crippen molar-refractivity contribution in [1.82, 2.24) is 4.57 Å². The number of benzene rings is 4. The molecule has 6 rings (SSSR count). The lowest BCUT2D eigenvalue weighted by molar-refractivity contribution is -0.664. The van der Waals surface area contributed by atoms with E-state index in [1.165, 1.54) is 0 Å². The van der Waals surface area contributed by atoms with Gasteiger partial charge in [0.25, 0.3) is 5.82 Å². The van der Waals surface area contributed by atoms with Crippen LogP contribution in [-0.2, 0) is 6.54 Å². The lowest BCUT2D eigenvalue weighted by Crippen LogP contribution is -3.00. The van der Waals surface area contributed by atoms with Crippen molar-refractivity contribution in [2.75, 3.05) is 0 Å². The first kappa shape index (κ1) is 26.8. The zero-order chi connectivity index (χ0) is 26.2. The zero-order valence-corrected chi connectivity index (χ0v) is 24.2. The van der Waals surface area contributed by atoms with Crippen LogP contribution in [0, 0.1) is 6.92 Å². The van der Waals surface area contributed by atoms with Crippen LogP contribution in [0.25, 0.3) is 22.0 Å². The van der Waals surface area contributed by atoms with Gasteiger partial charge in [0.05, 0.1) is 5.56 Å². The highest BCUT2D eigenvalue weighted by Crippen LogP contribution is 2.31. The van der Waals surface area contributed by atoms with Gasteiger partial charge in [0.15, 0.2) is 23.6 Å². The molecule has 0 aliphatic heterocycles. The molecule has 2 aromatic heterocycles. The molecule has 0 saturated heterocycles. The van der Waals surface area contributed by atoms with Gasteiger partial charge in [0.1, 0.15) is 5.58 Å². The lowest BCUT2D eigenvalue weighted by Gasteiger charge is -2.16. The highest BCUT2D eigenvalue weighted by Gasteiger charge is 2.33. The molecule has 194 valence electrons. The number of nitrogens with zero attached hydrogens (tertiary/aromatic N) is 2. The predicted octanol–water partition coefficient (Wildman–Crippen LogP) is 3.63. The summed E-state index contributed by atoms with van der Waals surface area (Å²) in [7, 11) is 0. The van der Waals surface area contributed by atoms with Crippen LogP contribution in [-0.4, -0.2) is 10.4 Å². The molecular weight excluding hydrogens is 620 g/mol. The third-order valence-corrected chi connectivity index (χ3v) is 7.50. The zero-order valence-electron chi connectivity index (χ0n) is 21.1. The van der Waals surface area contributed by atoms with Crippen molar-refractivity contribution in [3.8, 4) is 0 Å². The topological polar surface area (TPSA) is 56.1 Å². The van der Waals surface area contributed by atoms with Crippen LogP contribution < -0.4 is 27.2 Å². The number of imidazole rings is 1. The van der Waals surface area contributed by atoms with Gasteiger partial charge in [-0.2, -0.15) is 0 Å². The third-order valence-electron chi connectivity index (χ3n) is 6.98. The Morgan fingerprint density at radius 3 is 2.33 bits per heavy atom. The Morgan fingerprint density at radius 2 is 1.56 bits per heavy atom. The van der Waals surface area contributed by atoms with E-state index in [2.05, 4.69) is 20.5 Å². The number of aromatic nitrogens is 2. The maximum absolute atomic E-state index is 13.4. The molecule has 7 heteroatoms. The Morgan fingerprint density at radius 1 is 0.897 bits per heavy atom. The average Bonchev–Trinajstić information content (AvgIpc) is 3.21. The molecule has 0 spiro atoms. The lowest BCUT2D eigenvalue weighted by atomic mass is 9.98. The van der Waals surface area contributed by atoms with Crippen molar-refractivity contribution >= 4 is 43.7 Å². The number of halogens is 2. The molecule has 0 aliphatic carbocycles. The normalized spacial score (nSPS) is 11.8. The Balaban J connectivity index is 0.00000308. The van der Waals surface area contributed by atoms with E-state index in [1.54, 1.807) is 6.07 Å². The molecule has 0 saturated carbocycles. The van der Waals surface area contributed by atoms with E-state index < -0.39 is 6.04 Å². The number of fused-ring (bicyclic) bond motifs is 2. The summed E-state index contributed by atoms with van der Waals surface area (Å²) in [5, 5.41) is 0.857. The fourth-order valence-corrected chi connectivity index (χ4v) is 5.41. The number of para-hydroxylation sites is 3. The standard InChI is InChI=1S/C32H24BrN2O3.BrH/c1-21-34(20-29(36)22-15-17-25(33)18-16-22)27-12-6-7-13-28(27)35(21)31(23-9-3-2-4-10-23)26-19-24-11-5-8-14-30(24)38-32(26)37;/h2-19,31H,20H2,1H3;1H/q+1;/p-1. The monoisotopic (exact) mass is 642 g/mol. The molecular formula is C32H24Br2N2O3. The van der Waals surface area contributed by atoms with Gasteiger partial charge >= 0.3 is 5.63 Å². The third kappa shape index (κ3) is 5.00. The van der Waals surface area contributed by atoms with Crippen LogP contribution in [0.1, 0.15) is 33.4 Å². The minimum Gasteiger partial charge on any atom is -1.00 e. The van der Waals surface area contributed by atoms with Gasteiger partial charge in [-0.3, -0.25) is 4.79 Å². The fourth-order valence-electron chi connectivity index (χ4n) is 5.14. The van der Waals surface area contributed by atoms with Gasteiger partial charge in [-0.25, -0.2) is 13.9 Å². The number of rotatable bonds is 6. The van der Waals surface area contributed by atoms with E-state index in [0.717, 1.165) is 32.3 Å². The first-order chi connectivity index (χ1) is 18.5. The Labute approximate surface area is 244 Å².